The van der Waals surface area contributed by atoms with Crippen molar-refractivity contribution >= 4 is 0 Å². The Morgan fingerprint density at radius 3 is 2.83 bits per heavy atom. The van der Waals surface area contributed by atoms with Crippen molar-refractivity contribution in [2.45, 2.75) is 37.8 Å². The maximum Gasteiger partial charge on any atom is 0.0879 e. The van der Waals surface area contributed by atoms with E-state index in [4.69, 9.17) is 15.2 Å². The number of hydrogen-bond donors (Lipinski definition) is 1. The summed E-state index contributed by atoms with van der Waals surface area (Å²) in [6, 6.07) is -0.00875. The zero-order valence-corrected chi connectivity index (χ0v) is 11.3. The van der Waals surface area contributed by atoms with E-state index in [0.717, 1.165) is 38.0 Å². The van der Waals surface area contributed by atoms with Gasteiger partial charge in [0, 0.05) is 51.9 Å². The normalized spacial score (nSPS) is 20.8. The molecule has 1 fully saturated rings. The molecule has 1 aliphatic rings. The van der Waals surface area contributed by atoms with E-state index in [9.17, 15) is 0 Å². The second-order valence-corrected chi connectivity index (χ2v) is 4.94. The van der Waals surface area contributed by atoms with Gasteiger partial charge >= 0.3 is 0 Å². The van der Waals surface area contributed by atoms with Gasteiger partial charge in [0.05, 0.1) is 11.8 Å². The second kappa shape index (κ2) is 5.82. The predicted molar refractivity (Wildman–Crippen MR) is 69.3 cm³/mol. The van der Waals surface area contributed by atoms with Gasteiger partial charge in [-0.15, -0.1) is 0 Å². The van der Waals surface area contributed by atoms with Crippen molar-refractivity contribution in [3.05, 3.63) is 18.0 Å². The number of hydrogen-bond acceptors (Lipinski definition) is 4. The largest absolute Gasteiger partial charge is 0.381 e. The highest BCUT2D eigenvalue weighted by Gasteiger charge is 2.39. The molecule has 18 heavy (non-hydrogen) atoms. The fraction of sp³-hybridized carbons (Fsp3) is 0.769. The van der Waals surface area contributed by atoms with Gasteiger partial charge in [-0.05, 0) is 18.9 Å². The molecule has 1 aliphatic heterocycles. The van der Waals surface area contributed by atoms with Crippen LogP contribution < -0.4 is 5.73 Å². The number of aryl methyl sites for hydroxylation is 1. The number of ether oxygens (including phenoxy) is 2. The Bertz CT molecular complexity index is 367. The topological polar surface area (TPSA) is 62.3 Å². The maximum atomic E-state index is 6.39. The van der Waals surface area contributed by atoms with Gasteiger partial charge in [-0.3, -0.25) is 4.68 Å². The molecule has 1 aromatic heterocycles. The highest BCUT2D eigenvalue weighted by atomic mass is 16.5. The highest BCUT2D eigenvalue weighted by Crippen LogP contribution is 2.29. The monoisotopic (exact) mass is 253 g/mol. The molecule has 0 radical (unpaired) electrons. The molecule has 1 atom stereocenters. The maximum absolute atomic E-state index is 6.39. The Hall–Kier alpha value is -0.910. The van der Waals surface area contributed by atoms with Crippen molar-refractivity contribution in [2.24, 2.45) is 12.8 Å². The van der Waals surface area contributed by atoms with Crippen LogP contribution in [0.5, 0.6) is 0 Å². The zero-order chi connectivity index (χ0) is 13.0. The molecular weight excluding hydrogens is 230 g/mol. The van der Waals surface area contributed by atoms with Crippen molar-refractivity contribution in [2.75, 3.05) is 19.8 Å². The molecule has 2 rings (SSSR count). The van der Waals surface area contributed by atoms with Crippen LogP contribution in [0.15, 0.2) is 12.4 Å². The first kappa shape index (κ1) is 13.5. The second-order valence-electron chi connectivity index (χ2n) is 4.94. The molecule has 0 bridgehead atoms. The van der Waals surface area contributed by atoms with Gasteiger partial charge in [-0.25, -0.2) is 0 Å². The average molecular weight is 253 g/mol. The molecule has 2 heterocycles. The molecule has 0 saturated carbocycles. The van der Waals surface area contributed by atoms with Gasteiger partial charge in [0.2, 0.25) is 0 Å². The van der Waals surface area contributed by atoms with Crippen molar-refractivity contribution in [3.63, 3.8) is 0 Å². The molecule has 0 aliphatic carbocycles. The molecule has 1 aromatic rings. The molecule has 1 saturated heterocycles. The third kappa shape index (κ3) is 2.91. The van der Waals surface area contributed by atoms with E-state index in [2.05, 4.69) is 5.10 Å². The third-order valence-corrected chi connectivity index (χ3v) is 3.66. The molecule has 0 amide bonds. The lowest BCUT2D eigenvalue weighted by Gasteiger charge is -2.41. The highest BCUT2D eigenvalue weighted by molar-refractivity contribution is 5.09. The lowest BCUT2D eigenvalue weighted by Crippen LogP contribution is -2.54. The van der Waals surface area contributed by atoms with Crippen LogP contribution in [0.4, 0.5) is 0 Å². The SMILES string of the molecule is CCOC1(C(N)Cc2cnn(C)c2)CCOCC1. The van der Waals surface area contributed by atoms with E-state index in [1.54, 1.807) is 4.68 Å². The van der Waals surface area contributed by atoms with E-state index in [-0.39, 0.29) is 11.6 Å². The summed E-state index contributed by atoms with van der Waals surface area (Å²) >= 11 is 0. The van der Waals surface area contributed by atoms with Crippen LogP contribution >= 0.6 is 0 Å². The Balaban J connectivity index is 2.05. The van der Waals surface area contributed by atoms with E-state index >= 15 is 0 Å². The van der Waals surface area contributed by atoms with Crippen molar-refractivity contribution in [1.82, 2.24) is 9.78 Å². The Morgan fingerprint density at radius 2 is 2.28 bits per heavy atom. The van der Waals surface area contributed by atoms with Crippen LogP contribution in [-0.2, 0) is 22.9 Å². The van der Waals surface area contributed by atoms with Crippen LogP contribution in [0.1, 0.15) is 25.3 Å². The van der Waals surface area contributed by atoms with Gasteiger partial charge in [0.1, 0.15) is 0 Å². The number of rotatable bonds is 5. The van der Waals surface area contributed by atoms with Gasteiger partial charge in [0.15, 0.2) is 0 Å². The van der Waals surface area contributed by atoms with E-state index in [0.29, 0.717) is 6.61 Å². The van der Waals surface area contributed by atoms with Crippen LogP contribution in [0.3, 0.4) is 0 Å². The molecule has 2 N–H and O–H groups in total. The van der Waals surface area contributed by atoms with Crippen LogP contribution in [0.25, 0.3) is 0 Å². The summed E-state index contributed by atoms with van der Waals surface area (Å²) < 4.78 is 13.2. The minimum absolute atomic E-state index is 0.00875. The van der Waals surface area contributed by atoms with Gasteiger partial charge in [0.25, 0.3) is 0 Å². The summed E-state index contributed by atoms with van der Waals surface area (Å²) in [6.45, 7) is 4.19. The molecule has 5 heteroatoms. The van der Waals surface area contributed by atoms with Crippen molar-refractivity contribution in [3.8, 4) is 0 Å². The summed E-state index contributed by atoms with van der Waals surface area (Å²) in [5, 5.41) is 4.18. The zero-order valence-electron chi connectivity index (χ0n) is 11.3. The fourth-order valence-corrected chi connectivity index (χ4v) is 2.64. The molecule has 1 unspecified atom stereocenters. The molecule has 0 spiro atoms. The summed E-state index contributed by atoms with van der Waals surface area (Å²) in [7, 11) is 1.92. The molecular formula is C13H23N3O2. The van der Waals surface area contributed by atoms with Crippen molar-refractivity contribution in [1.29, 1.82) is 0 Å². The van der Waals surface area contributed by atoms with E-state index in [1.807, 2.05) is 26.4 Å². The minimum atomic E-state index is -0.233. The quantitative estimate of drug-likeness (QED) is 0.846. The summed E-state index contributed by atoms with van der Waals surface area (Å²) in [5.74, 6) is 0. The predicted octanol–water partition coefficient (Wildman–Crippen LogP) is 0.876. The van der Waals surface area contributed by atoms with Crippen LogP contribution in [-0.4, -0.2) is 41.2 Å². The average Bonchev–Trinajstić information content (AvgIpc) is 2.76. The molecule has 5 nitrogen and oxygen atoms in total. The standard InChI is InChI=1S/C13H23N3O2/c1-3-18-13(4-6-17-7-5-13)12(14)8-11-9-15-16(2)10-11/h9-10,12H,3-8,14H2,1-2H3. The number of nitrogens with zero attached hydrogens (tertiary/aromatic N) is 2. The van der Waals surface area contributed by atoms with Gasteiger partial charge < -0.3 is 15.2 Å². The fourth-order valence-electron chi connectivity index (χ4n) is 2.64. The first-order valence-corrected chi connectivity index (χ1v) is 6.61. The summed E-state index contributed by atoms with van der Waals surface area (Å²) in [6.07, 6.45) is 6.44. The Morgan fingerprint density at radius 1 is 1.56 bits per heavy atom. The smallest absolute Gasteiger partial charge is 0.0879 e. The number of nitrogens with two attached hydrogens (primary N) is 1. The first-order chi connectivity index (χ1) is 8.66. The lowest BCUT2D eigenvalue weighted by molar-refractivity contribution is -0.120. The Kier molecular flexibility index (Phi) is 4.37. The third-order valence-electron chi connectivity index (χ3n) is 3.66. The lowest BCUT2D eigenvalue weighted by atomic mass is 9.83. The van der Waals surface area contributed by atoms with Crippen LogP contribution in [0.2, 0.25) is 0 Å². The minimum Gasteiger partial charge on any atom is -0.381 e. The van der Waals surface area contributed by atoms with Gasteiger partial charge in [-0.1, -0.05) is 0 Å². The Labute approximate surface area is 108 Å². The van der Waals surface area contributed by atoms with Crippen LogP contribution in [0, 0.1) is 0 Å². The number of aromatic nitrogens is 2. The van der Waals surface area contributed by atoms with Gasteiger partial charge in [-0.2, -0.15) is 5.10 Å². The summed E-state index contributed by atoms with van der Waals surface area (Å²) in [5.41, 5.74) is 7.32. The van der Waals surface area contributed by atoms with E-state index < -0.39 is 0 Å². The van der Waals surface area contributed by atoms with E-state index in [1.165, 1.54) is 0 Å². The van der Waals surface area contributed by atoms with Crippen molar-refractivity contribution < 1.29 is 9.47 Å². The summed E-state index contributed by atoms with van der Waals surface area (Å²) in [4.78, 5) is 0. The first-order valence-electron chi connectivity index (χ1n) is 6.61. The molecule has 0 aromatic carbocycles. The molecule has 102 valence electrons.